The monoisotopic (exact) mass is 481 g/mol. The number of hydrogen-bond donors (Lipinski definition) is 2. The van der Waals surface area contributed by atoms with Crippen LogP contribution >= 0.6 is 12.4 Å². The maximum absolute atomic E-state index is 13.0. The maximum atomic E-state index is 13.0. The molecule has 0 aliphatic carbocycles. The van der Waals surface area contributed by atoms with Crippen LogP contribution in [0.1, 0.15) is 50.3 Å². The van der Waals surface area contributed by atoms with Crippen LogP contribution in [0.2, 0.25) is 0 Å². The Labute approximate surface area is 200 Å². The highest BCUT2D eigenvalue weighted by atomic mass is 35.5. The molecule has 0 spiro atoms. The molecule has 1 aromatic rings. The normalized spacial score (nSPS) is 21.9. The Balaban J connectivity index is 0.00000385. The second-order valence-corrected chi connectivity index (χ2v) is 8.72. The van der Waals surface area contributed by atoms with Gasteiger partial charge in [0.15, 0.2) is 0 Å². The smallest absolute Gasteiger partial charge is 0.305 e. The number of ether oxygens (including phenoxy) is 2. The molecule has 33 heavy (non-hydrogen) atoms. The minimum Gasteiger partial charge on any atom is -0.485 e. The van der Waals surface area contributed by atoms with Gasteiger partial charge in [0.2, 0.25) is 5.91 Å². The SMILES string of the molecule is CC1(C)Oc2ccc(C#N)cc2[C@@H](N2CCN(CCCC(=O)OCCCO)CC2=O)[C@@H]1O.Cl. The summed E-state index contributed by atoms with van der Waals surface area (Å²) in [7, 11) is 0. The Morgan fingerprint density at radius 3 is 2.76 bits per heavy atom. The molecule has 0 aromatic heterocycles. The van der Waals surface area contributed by atoms with Gasteiger partial charge in [0.1, 0.15) is 17.5 Å². The van der Waals surface area contributed by atoms with Gasteiger partial charge in [-0.15, -0.1) is 12.4 Å². The Kier molecular flexibility index (Phi) is 9.49. The van der Waals surface area contributed by atoms with Crippen LogP contribution in [-0.4, -0.2) is 83.0 Å². The zero-order valence-electron chi connectivity index (χ0n) is 19.0. The van der Waals surface area contributed by atoms with Crippen molar-refractivity contribution >= 4 is 24.3 Å². The number of benzene rings is 1. The molecule has 2 aliphatic heterocycles. The second-order valence-electron chi connectivity index (χ2n) is 8.72. The maximum Gasteiger partial charge on any atom is 0.305 e. The van der Waals surface area contributed by atoms with Crippen molar-refractivity contribution in [2.45, 2.75) is 50.9 Å². The number of esters is 1. The summed E-state index contributed by atoms with van der Waals surface area (Å²) in [6.07, 6.45) is 0.313. The average molecular weight is 482 g/mol. The topological polar surface area (TPSA) is 123 Å². The first kappa shape index (κ1) is 26.9. The lowest BCUT2D eigenvalue weighted by atomic mass is 9.84. The summed E-state index contributed by atoms with van der Waals surface area (Å²) in [5.74, 6) is 0.150. The van der Waals surface area contributed by atoms with Crippen molar-refractivity contribution in [1.29, 1.82) is 5.26 Å². The van der Waals surface area contributed by atoms with Crippen LogP contribution in [0.25, 0.3) is 0 Å². The van der Waals surface area contributed by atoms with Crippen LogP contribution < -0.4 is 4.74 Å². The Morgan fingerprint density at radius 2 is 2.09 bits per heavy atom. The summed E-state index contributed by atoms with van der Waals surface area (Å²) < 4.78 is 11.0. The van der Waals surface area contributed by atoms with Gasteiger partial charge in [0.05, 0.1) is 30.8 Å². The molecule has 10 heteroatoms. The quantitative estimate of drug-likeness (QED) is 0.422. The van der Waals surface area contributed by atoms with E-state index >= 15 is 0 Å². The number of rotatable bonds is 8. The van der Waals surface area contributed by atoms with E-state index in [0.29, 0.717) is 49.4 Å². The van der Waals surface area contributed by atoms with Gasteiger partial charge < -0.3 is 24.6 Å². The third kappa shape index (κ3) is 6.36. The van der Waals surface area contributed by atoms with Crippen LogP contribution in [0.3, 0.4) is 0 Å². The van der Waals surface area contributed by atoms with Crippen molar-refractivity contribution in [3.63, 3.8) is 0 Å². The van der Waals surface area contributed by atoms with E-state index in [2.05, 4.69) is 6.07 Å². The van der Waals surface area contributed by atoms with Gasteiger partial charge in [-0.2, -0.15) is 5.26 Å². The molecular formula is C23H32ClN3O6. The molecule has 1 saturated heterocycles. The van der Waals surface area contributed by atoms with Crippen molar-refractivity contribution in [3.05, 3.63) is 29.3 Å². The summed E-state index contributed by atoms with van der Waals surface area (Å²) >= 11 is 0. The van der Waals surface area contributed by atoms with Crippen molar-refractivity contribution < 1.29 is 29.3 Å². The Bertz CT molecular complexity index is 887. The number of nitrogens with zero attached hydrogens (tertiary/aromatic N) is 3. The second kappa shape index (κ2) is 11.7. The molecule has 2 atom stereocenters. The molecule has 0 bridgehead atoms. The van der Waals surface area contributed by atoms with E-state index in [1.807, 2.05) is 4.90 Å². The standard InChI is InChI=1S/C23H31N3O6.ClH/c1-23(2)22(30)21(17-13-16(14-24)6-7-18(17)32-23)26-10-9-25(15-19(26)28)8-3-5-20(29)31-12-4-11-27;/h6-7,13,21-22,27,30H,3-5,8-12,15H2,1-2H3;1H/t21-,22+;/m1./s1. The Morgan fingerprint density at radius 1 is 1.33 bits per heavy atom. The minimum absolute atomic E-state index is 0. The van der Waals surface area contributed by atoms with Crippen molar-refractivity contribution in [2.24, 2.45) is 0 Å². The van der Waals surface area contributed by atoms with Crippen LogP contribution in [-0.2, 0) is 14.3 Å². The van der Waals surface area contributed by atoms with Gasteiger partial charge in [-0.3, -0.25) is 14.5 Å². The lowest BCUT2D eigenvalue weighted by Gasteiger charge is -2.48. The molecule has 1 amide bonds. The predicted molar refractivity (Wildman–Crippen MR) is 122 cm³/mol. The fourth-order valence-corrected chi connectivity index (χ4v) is 4.16. The number of hydrogen-bond acceptors (Lipinski definition) is 8. The molecule has 0 saturated carbocycles. The lowest BCUT2D eigenvalue weighted by Crippen LogP contribution is -2.59. The van der Waals surface area contributed by atoms with E-state index in [0.717, 1.165) is 0 Å². The summed E-state index contributed by atoms with van der Waals surface area (Å²) in [6.45, 7) is 5.59. The van der Waals surface area contributed by atoms with E-state index in [4.69, 9.17) is 14.6 Å². The highest BCUT2D eigenvalue weighted by Gasteiger charge is 2.47. The van der Waals surface area contributed by atoms with E-state index in [-0.39, 0.29) is 50.5 Å². The molecule has 182 valence electrons. The molecule has 2 heterocycles. The highest BCUT2D eigenvalue weighted by Crippen LogP contribution is 2.43. The zero-order chi connectivity index (χ0) is 23.3. The molecule has 9 nitrogen and oxygen atoms in total. The largest absolute Gasteiger partial charge is 0.485 e. The van der Waals surface area contributed by atoms with Gasteiger partial charge in [-0.1, -0.05) is 0 Å². The molecule has 0 radical (unpaired) electrons. The number of halogens is 1. The molecule has 1 fully saturated rings. The number of aliphatic hydroxyl groups is 2. The van der Waals surface area contributed by atoms with Crippen molar-refractivity contribution in [1.82, 2.24) is 9.80 Å². The van der Waals surface area contributed by atoms with E-state index in [1.165, 1.54) is 0 Å². The molecule has 2 N–H and O–H groups in total. The predicted octanol–water partition coefficient (Wildman–Crippen LogP) is 1.40. The third-order valence-electron chi connectivity index (χ3n) is 5.93. The summed E-state index contributed by atoms with van der Waals surface area (Å²) in [6, 6.07) is 6.57. The molecule has 0 unspecified atom stereocenters. The molecule has 1 aromatic carbocycles. The summed E-state index contributed by atoms with van der Waals surface area (Å²) in [5.41, 5.74) is 0.198. The summed E-state index contributed by atoms with van der Waals surface area (Å²) in [5, 5.41) is 29.1. The van der Waals surface area contributed by atoms with Gasteiger partial charge >= 0.3 is 5.97 Å². The number of piperazine rings is 1. The fraction of sp³-hybridized carbons (Fsp3) is 0.609. The minimum atomic E-state index is -0.951. The lowest BCUT2D eigenvalue weighted by molar-refractivity contribution is -0.150. The van der Waals surface area contributed by atoms with E-state index < -0.39 is 17.7 Å². The number of nitriles is 1. The first-order valence-electron chi connectivity index (χ1n) is 11.0. The number of carbonyl (C=O) groups is 2. The van der Waals surface area contributed by atoms with Crippen LogP contribution in [0.5, 0.6) is 5.75 Å². The molecule has 3 rings (SSSR count). The molecular weight excluding hydrogens is 450 g/mol. The number of amides is 1. The number of fused-ring (bicyclic) bond motifs is 1. The first-order valence-corrected chi connectivity index (χ1v) is 11.0. The van der Waals surface area contributed by atoms with Crippen LogP contribution in [0.15, 0.2) is 18.2 Å². The van der Waals surface area contributed by atoms with E-state index in [9.17, 15) is 20.0 Å². The highest BCUT2D eigenvalue weighted by molar-refractivity contribution is 5.85. The summed E-state index contributed by atoms with van der Waals surface area (Å²) in [4.78, 5) is 28.4. The first-order chi connectivity index (χ1) is 15.3. The van der Waals surface area contributed by atoms with Gasteiger partial charge in [-0.05, 0) is 45.0 Å². The van der Waals surface area contributed by atoms with E-state index in [1.54, 1.807) is 36.9 Å². The average Bonchev–Trinajstić information content (AvgIpc) is 2.75. The van der Waals surface area contributed by atoms with Crippen LogP contribution in [0, 0.1) is 11.3 Å². The van der Waals surface area contributed by atoms with Crippen molar-refractivity contribution in [3.8, 4) is 11.8 Å². The molecule has 2 aliphatic rings. The Hall–Kier alpha value is -2.38. The van der Waals surface area contributed by atoms with Gasteiger partial charge in [0, 0.05) is 38.1 Å². The fourth-order valence-electron chi connectivity index (χ4n) is 4.16. The number of aliphatic hydroxyl groups excluding tert-OH is 2. The number of carbonyl (C=O) groups excluding carboxylic acids is 2. The van der Waals surface area contributed by atoms with Crippen LogP contribution in [0.4, 0.5) is 0 Å². The van der Waals surface area contributed by atoms with Crippen molar-refractivity contribution in [2.75, 3.05) is 39.4 Å². The van der Waals surface area contributed by atoms with Gasteiger partial charge in [-0.25, -0.2) is 0 Å². The zero-order valence-corrected chi connectivity index (χ0v) is 19.8. The third-order valence-corrected chi connectivity index (χ3v) is 5.93. The van der Waals surface area contributed by atoms with Gasteiger partial charge in [0.25, 0.3) is 0 Å².